The monoisotopic (exact) mass is 462 g/mol. The minimum Gasteiger partial charge on any atom is -0.493 e. The molecule has 1 heterocycles. The lowest BCUT2D eigenvalue weighted by Crippen LogP contribution is -2.08. The molecule has 10 heteroatoms. The lowest BCUT2D eigenvalue weighted by molar-refractivity contribution is -0.142. The van der Waals surface area contributed by atoms with Crippen molar-refractivity contribution in [3.8, 4) is 17.2 Å². The number of rotatable bonds is 10. The van der Waals surface area contributed by atoms with E-state index in [9.17, 15) is 18.4 Å². The van der Waals surface area contributed by atoms with E-state index in [0.717, 1.165) is 23.5 Å². The van der Waals surface area contributed by atoms with E-state index in [1.807, 2.05) is 0 Å². The van der Waals surface area contributed by atoms with Crippen LogP contribution in [0.1, 0.15) is 22.5 Å². The van der Waals surface area contributed by atoms with Gasteiger partial charge < -0.3 is 14.2 Å². The smallest absolute Gasteiger partial charge is 0.312 e. The van der Waals surface area contributed by atoms with Crippen molar-refractivity contribution in [2.24, 2.45) is 0 Å². The lowest BCUT2D eigenvalue weighted by atomic mass is 10.1. The van der Waals surface area contributed by atoms with Gasteiger partial charge in [0, 0.05) is 12.0 Å². The van der Waals surface area contributed by atoms with Crippen LogP contribution in [0.3, 0.4) is 0 Å². The minimum absolute atomic E-state index is 0.0218. The van der Waals surface area contributed by atoms with Crippen molar-refractivity contribution < 1.29 is 32.6 Å². The maximum absolute atomic E-state index is 14.2. The normalized spacial score (nSPS) is 10.6. The van der Waals surface area contributed by atoms with Gasteiger partial charge in [0.15, 0.2) is 11.6 Å². The van der Waals surface area contributed by atoms with Gasteiger partial charge in [0.25, 0.3) is 0 Å². The van der Waals surface area contributed by atoms with E-state index < -0.39 is 17.6 Å². The molecule has 0 spiro atoms. The van der Waals surface area contributed by atoms with Crippen LogP contribution in [0.5, 0.6) is 17.2 Å². The van der Waals surface area contributed by atoms with Crippen LogP contribution in [0, 0.1) is 11.6 Å². The Labute approximate surface area is 187 Å². The molecule has 1 aromatic heterocycles. The second-order valence-corrected chi connectivity index (χ2v) is 7.74. The third-order valence-electron chi connectivity index (χ3n) is 4.23. The standard InChI is InChI=1S/C22H20F2N2O5S/c1-3-30-21(28)12-20-26-25-19(32-20)11-15(27)10-13-9-14(23)7-8-17(13)31-22-16(24)5-4-6-18(22)29-2/h4-9H,3,10-12H2,1-2H3. The highest BCUT2D eigenvalue weighted by molar-refractivity contribution is 7.11. The molecule has 2 aromatic carbocycles. The van der Waals surface area contributed by atoms with Crippen molar-refractivity contribution >= 4 is 23.1 Å². The van der Waals surface area contributed by atoms with E-state index in [2.05, 4.69) is 10.2 Å². The highest BCUT2D eigenvalue weighted by Gasteiger charge is 2.18. The Morgan fingerprint density at radius 2 is 1.75 bits per heavy atom. The van der Waals surface area contributed by atoms with Crippen molar-refractivity contribution in [3.05, 3.63) is 63.6 Å². The fourth-order valence-corrected chi connectivity index (χ4v) is 3.71. The SMILES string of the molecule is CCOC(=O)Cc1nnc(CC(=O)Cc2cc(F)ccc2Oc2c(F)cccc2OC)s1. The first-order chi connectivity index (χ1) is 15.4. The Hall–Kier alpha value is -3.40. The van der Waals surface area contributed by atoms with Crippen molar-refractivity contribution in [1.82, 2.24) is 10.2 Å². The predicted molar refractivity (Wildman–Crippen MR) is 112 cm³/mol. The number of esters is 1. The zero-order valence-electron chi connectivity index (χ0n) is 17.4. The van der Waals surface area contributed by atoms with Crippen LogP contribution in [-0.4, -0.2) is 35.7 Å². The summed E-state index contributed by atoms with van der Waals surface area (Å²) in [6.45, 7) is 1.97. The van der Waals surface area contributed by atoms with Gasteiger partial charge in [0.2, 0.25) is 5.75 Å². The number of carbonyl (C=O) groups is 2. The molecule has 32 heavy (non-hydrogen) atoms. The Kier molecular flexibility index (Phi) is 7.82. The molecule has 0 aliphatic carbocycles. The summed E-state index contributed by atoms with van der Waals surface area (Å²) < 4.78 is 43.7. The van der Waals surface area contributed by atoms with E-state index >= 15 is 0 Å². The number of hydrogen-bond acceptors (Lipinski definition) is 8. The molecule has 3 rings (SSSR count). The van der Waals surface area contributed by atoms with E-state index in [0.29, 0.717) is 10.0 Å². The lowest BCUT2D eigenvalue weighted by Gasteiger charge is -2.14. The molecule has 0 bridgehead atoms. The average Bonchev–Trinajstić information content (AvgIpc) is 3.17. The number of para-hydroxylation sites is 1. The first-order valence-electron chi connectivity index (χ1n) is 9.67. The summed E-state index contributed by atoms with van der Waals surface area (Å²) in [7, 11) is 1.37. The highest BCUT2D eigenvalue weighted by atomic mass is 32.1. The minimum atomic E-state index is -0.658. The Balaban J connectivity index is 1.73. The zero-order valence-corrected chi connectivity index (χ0v) is 18.2. The molecule has 168 valence electrons. The van der Waals surface area contributed by atoms with Crippen molar-refractivity contribution in [1.29, 1.82) is 0 Å². The molecule has 0 atom stereocenters. The van der Waals surface area contributed by atoms with E-state index in [4.69, 9.17) is 14.2 Å². The molecule has 7 nitrogen and oxygen atoms in total. The Bertz CT molecular complexity index is 1120. The zero-order chi connectivity index (χ0) is 23.1. The van der Waals surface area contributed by atoms with Crippen LogP contribution in [0.15, 0.2) is 36.4 Å². The summed E-state index contributed by atoms with van der Waals surface area (Å²) in [5, 5.41) is 8.67. The molecule has 0 fully saturated rings. The molecule has 0 N–H and O–H groups in total. The third-order valence-corrected chi connectivity index (χ3v) is 5.15. The van der Waals surface area contributed by atoms with Gasteiger partial charge >= 0.3 is 5.97 Å². The first kappa shape index (κ1) is 23.3. The summed E-state index contributed by atoms with van der Waals surface area (Å²) in [5.74, 6) is -1.80. The third kappa shape index (κ3) is 6.07. The molecule has 0 amide bonds. The fraction of sp³-hybridized carbons (Fsp3) is 0.273. The second-order valence-electron chi connectivity index (χ2n) is 6.59. The predicted octanol–water partition coefficient (Wildman–Crippen LogP) is 4.08. The van der Waals surface area contributed by atoms with E-state index in [-0.39, 0.29) is 54.5 Å². The number of Topliss-reactive ketones (excluding diaryl/α,β-unsaturated/α-hetero) is 1. The molecular weight excluding hydrogens is 442 g/mol. The van der Waals surface area contributed by atoms with Crippen LogP contribution in [0.25, 0.3) is 0 Å². The summed E-state index contributed by atoms with van der Waals surface area (Å²) in [4.78, 5) is 24.1. The molecule has 0 radical (unpaired) electrons. The Morgan fingerprint density at radius 1 is 1.00 bits per heavy atom. The van der Waals surface area contributed by atoms with Crippen molar-refractivity contribution in [2.45, 2.75) is 26.2 Å². The number of aromatic nitrogens is 2. The van der Waals surface area contributed by atoms with Gasteiger partial charge in [-0.05, 0) is 37.3 Å². The largest absolute Gasteiger partial charge is 0.493 e. The van der Waals surface area contributed by atoms with Gasteiger partial charge in [0.1, 0.15) is 27.4 Å². The molecule has 0 saturated carbocycles. The van der Waals surface area contributed by atoms with Crippen molar-refractivity contribution in [3.63, 3.8) is 0 Å². The van der Waals surface area contributed by atoms with Gasteiger partial charge in [-0.25, -0.2) is 8.78 Å². The fourth-order valence-electron chi connectivity index (χ4n) is 2.85. The number of benzene rings is 2. The van der Waals surface area contributed by atoms with Crippen molar-refractivity contribution in [2.75, 3.05) is 13.7 Å². The van der Waals surface area contributed by atoms with Crippen LogP contribution >= 0.6 is 11.3 Å². The summed E-state index contributed by atoms with van der Waals surface area (Å²) in [6, 6.07) is 7.84. The molecule has 0 aliphatic rings. The summed E-state index contributed by atoms with van der Waals surface area (Å²) in [5.41, 5.74) is 0.247. The summed E-state index contributed by atoms with van der Waals surface area (Å²) in [6.07, 6.45) is -0.248. The molecule has 3 aromatic rings. The first-order valence-corrected chi connectivity index (χ1v) is 10.5. The van der Waals surface area contributed by atoms with Gasteiger partial charge in [-0.1, -0.05) is 6.07 Å². The van der Waals surface area contributed by atoms with Gasteiger partial charge in [0.05, 0.1) is 26.6 Å². The van der Waals surface area contributed by atoms with Gasteiger partial charge in [-0.2, -0.15) is 0 Å². The highest BCUT2D eigenvalue weighted by Crippen LogP contribution is 2.35. The maximum Gasteiger partial charge on any atom is 0.312 e. The number of methoxy groups -OCH3 is 1. The molecular formula is C22H20F2N2O5S. The van der Waals surface area contributed by atoms with Crippen LogP contribution in [0.4, 0.5) is 8.78 Å². The number of hydrogen-bond donors (Lipinski definition) is 0. The number of nitrogens with zero attached hydrogens (tertiary/aromatic N) is 2. The average molecular weight is 462 g/mol. The Morgan fingerprint density at radius 3 is 2.47 bits per heavy atom. The quantitative estimate of drug-likeness (QED) is 0.420. The van der Waals surface area contributed by atoms with Gasteiger partial charge in [-0.15, -0.1) is 21.5 Å². The number of halogens is 2. The van der Waals surface area contributed by atoms with E-state index in [1.54, 1.807) is 6.92 Å². The van der Waals surface area contributed by atoms with Crippen LogP contribution < -0.4 is 9.47 Å². The molecule has 0 saturated heterocycles. The maximum atomic E-state index is 14.2. The molecule has 0 unspecified atom stereocenters. The summed E-state index contributed by atoms with van der Waals surface area (Å²) >= 11 is 1.13. The topological polar surface area (TPSA) is 87.6 Å². The van der Waals surface area contributed by atoms with Crippen LogP contribution in [-0.2, 0) is 33.6 Å². The van der Waals surface area contributed by atoms with Gasteiger partial charge in [-0.3, -0.25) is 9.59 Å². The number of ether oxygens (including phenoxy) is 3. The molecule has 0 aliphatic heterocycles. The second kappa shape index (κ2) is 10.8. The van der Waals surface area contributed by atoms with E-state index in [1.165, 1.54) is 31.4 Å². The number of ketones is 1. The van der Waals surface area contributed by atoms with Crippen LogP contribution in [0.2, 0.25) is 0 Å². The number of carbonyl (C=O) groups excluding carboxylic acids is 2.